The Balaban J connectivity index is 1.85. The van der Waals surface area contributed by atoms with E-state index in [1.807, 2.05) is 0 Å². The number of hydrogen-bond acceptors (Lipinski definition) is 1. The molecule has 1 aliphatic rings. The van der Waals surface area contributed by atoms with Crippen LogP contribution in [0.4, 0.5) is 5.69 Å². The SMILES string of the molecule is CCCC[NH+](C)C1CCN(C(=S)Nc2cc(C)ccc2C)CC1. The zero-order valence-electron chi connectivity index (χ0n) is 15.1. The van der Waals surface area contributed by atoms with Gasteiger partial charge in [0, 0.05) is 31.6 Å². The summed E-state index contributed by atoms with van der Waals surface area (Å²) in [6.07, 6.45) is 5.10. The molecule has 1 aliphatic heterocycles. The van der Waals surface area contributed by atoms with Crippen LogP contribution in [0.1, 0.15) is 43.7 Å². The standard InChI is InChI=1S/C19H31N3S/c1-5-6-11-21(4)17-9-12-22(13-10-17)19(23)20-18-14-15(2)7-8-16(18)3/h7-8,14,17H,5-6,9-13H2,1-4H3,(H,20,23)/p+1. The Morgan fingerprint density at radius 2 is 2.00 bits per heavy atom. The van der Waals surface area contributed by atoms with E-state index in [0.717, 1.165) is 29.9 Å². The highest BCUT2D eigenvalue weighted by molar-refractivity contribution is 7.80. The van der Waals surface area contributed by atoms with Crippen molar-refractivity contribution in [3.8, 4) is 0 Å². The summed E-state index contributed by atoms with van der Waals surface area (Å²) < 4.78 is 0. The molecule has 0 spiro atoms. The zero-order valence-corrected chi connectivity index (χ0v) is 15.9. The molecule has 23 heavy (non-hydrogen) atoms. The Morgan fingerprint density at radius 1 is 1.30 bits per heavy atom. The van der Waals surface area contributed by atoms with Gasteiger partial charge in [-0.2, -0.15) is 0 Å². The second-order valence-electron chi connectivity index (χ2n) is 6.96. The molecule has 0 aromatic heterocycles. The van der Waals surface area contributed by atoms with E-state index in [4.69, 9.17) is 12.2 Å². The fourth-order valence-corrected chi connectivity index (χ4v) is 3.59. The zero-order chi connectivity index (χ0) is 16.8. The molecule has 4 heteroatoms. The van der Waals surface area contributed by atoms with Crippen molar-refractivity contribution in [3.63, 3.8) is 0 Å². The first-order chi connectivity index (χ1) is 11.0. The first-order valence-electron chi connectivity index (χ1n) is 8.96. The lowest BCUT2D eigenvalue weighted by molar-refractivity contribution is -0.907. The Kier molecular flexibility index (Phi) is 6.85. The summed E-state index contributed by atoms with van der Waals surface area (Å²) in [5, 5.41) is 4.33. The Labute approximate surface area is 147 Å². The molecule has 2 rings (SSSR count). The van der Waals surface area contributed by atoms with Gasteiger partial charge in [-0.15, -0.1) is 0 Å². The molecule has 0 saturated carbocycles. The normalized spacial score (nSPS) is 17.1. The first-order valence-corrected chi connectivity index (χ1v) is 9.37. The van der Waals surface area contributed by atoms with Crippen molar-refractivity contribution in [3.05, 3.63) is 29.3 Å². The number of nitrogens with zero attached hydrogens (tertiary/aromatic N) is 1. The number of likely N-dealkylation sites (tertiary alicyclic amines) is 1. The van der Waals surface area contributed by atoms with Gasteiger partial charge in [0.2, 0.25) is 0 Å². The second kappa shape index (κ2) is 8.65. The fraction of sp³-hybridized carbons (Fsp3) is 0.632. The lowest BCUT2D eigenvalue weighted by atomic mass is 10.0. The minimum Gasteiger partial charge on any atom is -0.349 e. The van der Waals surface area contributed by atoms with Gasteiger partial charge in [-0.3, -0.25) is 0 Å². The molecule has 1 aromatic rings. The summed E-state index contributed by atoms with van der Waals surface area (Å²) in [6, 6.07) is 7.26. The highest BCUT2D eigenvalue weighted by Crippen LogP contribution is 2.18. The fourth-order valence-electron chi connectivity index (χ4n) is 3.30. The number of benzene rings is 1. The molecular formula is C19H32N3S+. The molecule has 3 nitrogen and oxygen atoms in total. The van der Waals surface area contributed by atoms with Gasteiger partial charge in [0.1, 0.15) is 0 Å². The number of hydrogen-bond donors (Lipinski definition) is 2. The molecule has 1 fully saturated rings. The molecule has 0 radical (unpaired) electrons. The van der Waals surface area contributed by atoms with Crippen molar-refractivity contribution in [2.75, 3.05) is 32.0 Å². The van der Waals surface area contributed by atoms with E-state index >= 15 is 0 Å². The smallest absolute Gasteiger partial charge is 0.173 e. The number of nitrogens with one attached hydrogen (secondary N) is 2. The van der Waals surface area contributed by atoms with E-state index in [1.165, 1.54) is 43.4 Å². The van der Waals surface area contributed by atoms with Crippen LogP contribution in [-0.2, 0) is 0 Å². The molecule has 1 saturated heterocycles. The molecule has 0 bridgehead atoms. The molecule has 128 valence electrons. The lowest BCUT2D eigenvalue weighted by Crippen LogP contribution is -3.13. The Morgan fingerprint density at radius 3 is 2.65 bits per heavy atom. The summed E-state index contributed by atoms with van der Waals surface area (Å²) in [6.45, 7) is 9.96. The quantitative estimate of drug-likeness (QED) is 0.808. The molecule has 1 heterocycles. The molecule has 0 aliphatic carbocycles. The number of quaternary nitrogens is 1. The van der Waals surface area contributed by atoms with E-state index in [0.29, 0.717) is 0 Å². The predicted molar refractivity (Wildman–Crippen MR) is 103 cm³/mol. The summed E-state index contributed by atoms with van der Waals surface area (Å²) in [5.74, 6) is 0. The van der Waals surface area contributed by atoms with Gasteiger partial charge >= 0.3 is 0 Å². The summed E-state index contributed by atoms with van der Waals surface area (Å²) in [4.78, 5) is 4.03. The maximum Gasteiger partial charge on any atom is 0.173 e. The first kappa shape index (κ1) is 18.2. The highest BCUT2D eigenvalue weighted by atomic mass is 32.1. The van der Waals surface area contributed by atoms with Crippen LogP contribution < -0.4 is 10.2 Å². The number of rotatable bonds is 5. The van der Waals surface area contributed by atoms with Gasteiger partial charge < -0.3 is 15.1 Å². The number of piperidine rings is 1. The largest absolute Gasteiger partial charge is 0.349 e. The van der Waals surface area contributed by atoms with E-state index < -0.39 is 0 Å². The number of aryl methyl sites for hydroxylation is 2. The highest BCUT2D eigenvalue weighted by Gasteiger charge is 2.26. The Bertz CT molecular complexity index is 521. The van der Waals surface area contributed by atoms with E-state index in [2.05, 4.69) is 56.2 Å². The molecular weight excluding hydrogens is 302 g/mol. The van der Waals surface area contributed by atoms with Gasteiger partial charge in [0.15, 0.2) is 5.11 Å². The van der Waals surface area contributed by atoms with Crippen LogP contribution in [0.3, 0.4) is 0 Å². The summed E-state index contributed by atoms with van der Waals surface area (Å²) >= 11 is 5.64. The van der Waals surface area contributed by atoms with Crippen LogP contribution in [0.15, 0.2) is 18.2 Å². The number of thiocarbonyl (C=S) groups is 1. The molecule has 0 amide bonds. The van der Waals surface area contributed by atoms with Gasteiger partial charge in [0.25, 0.3) is 0 Å². The second-order valence-corrected chi connectivity index (χ2v) is 7.35. The summed E-state index contributed by atoms with van der Waals surface area (Å²) in [7, 11) is 2.35. The third-order valence-corrected chi connectivity index (χ3v) is 5.40. The van der Waals surface area contributed by atoms with E-state index in [-0.39, 0.29) is 0 Å². The molecule has 1 atom stereocenters. The minimum absolute atomic E-state index is 0.793. The van der Waals surface area contributed by atoms with Crippen LogP contribution in [0.2, 0.25) is 0 Å². The van der Waals surface area contributed by atoms with Crippen LogP contribution in [0.25, 0.3) is 0 Å². The summed E-state index contributed by atoms with van der Waals surface area (Å²) in [5.41, 5.74) is 3.65. The van der Waals surface area contributed by atoms with Crippen LogP contribution in [-0.4, -0.2) is 42.7 Å². The average Bonchev–Trinajstić information content (AvgIpc) is 2.56. The molecule has 1 aromatic carbocycles. The predicted octanol–water partition coefficient (Wildman–Crippen LogP) is 2.78. The number of unbranched alkanes of at least 4 members (excludes halogenated alkanes) is 1. The number of anilines is 1. The van der Waals surface area contributed by atoms with Crippen molar-refractivity contribution in [2.45, 2.75) is 52.5 Å². The third-order valence-electron chi connectivity index (χ3n) is 5.04. The van der Waals surface area contributed by atoms with E-state index in [1.54, 1.807) is 4.90 Å². The molecule has 1 unspecified atom stereocenters. The van der Waals surface area contributed by atoms with Gasteiger partial charge in [0.05, 0.1) is 19.6 Å². The molecule has 2 N–H and O–H groups in total. The maximum atomic E-state index is 5.64. The third kappa shape index (κ3) is 5.18. The van der Waals surface area contributed by atoms with Crippen molar-refractivity contribution >= 4 is 23.0 Å². The van der Waals surface area contributed by atoms with Crippen molar-refractivity contribution in [1.82, 2.24) is 4.90 Å². The lowest BCUT2D eigenvalue weighted by Gasteiger charge is -2.36. The van der Waals surface area contributed by atoms with Crippen molar-refractivity contribution < 1.29 is 4.90 Å². The van der Waals surface area contributed by atoms with Crippen molar-refractivity contribution in [1.29, 1.82) is 0 Å². The van der Waals surface area contributed by atoms with Crippen molar-refractivity contribution in [2.24, 2.45) is 0 Å². The van der Waals surface area contributed by atoms with Crippen LogP contribution >= 0.6 is 12.2 Å². The van der Waals surface area contributed by atoms with E-state index in [9.17, 15) is 0 Å². The van der Waals surface area contributed by atoms with Crippen LogP contribution in [0.5, 0.6) is 0 Å². The minimum atomic E-state index is 0.793. The maximum absolute atomic E-state index is 5.64. The average molecular weight is 335 g/mol. The van der Waals surface area contributed by atoms with Gasteiger partial charge in [-0.1, -0.05) is 25.5 Å². The van der Waals surface area contributed by atoms with Gasteiger partial charge in [-0.25, -0.2) is 0 Å². The monoisotopic (exact) mass is 334 g/mol. The Hall–Kier alpha value is -1.13. The van der Waals surface area contributed by atoms with Gasteiger partial charge in [-0.05, 0) is 49.7 Å². The van der Waals surface area contributed by atoms with Crippen LogP contribution in [0, 0.1) is 13.8 Å². The topological polar surface area (TPSA) is 19.7 Å².